The Morgan fingerprint density at radius 1 is 1.04 bits per heavy atom. The topological polar surface area (TPSA) is 60.9 Å². The molecule has 6 nitrogen and oxygen atoms in total. The number of aromatic nitrogens is 6. The first-order chi connectivity index (χ1) is 12.3. The molecular formula is C18H17ClN6. The van der Waals surface area contributed by atoms with Gasteiger partial charge in [-0.05, 0) is 31.0 Å². The average molecular weight is 353 g/mol. The predicted molar refractivity (Wildman–Crippen MR) is 96.2 cm³/mol. The fourth-order valence-corrected chi connectivity index (χ4v) is 3.96. The zero-order valence-electron chi connectivity index (χ0n) is 13.6. The lowest BCUT2D eigenvalue weighted by molar-refractivity contribution is 0.426. The summed E-state index contributed by atoms with van der Waals surface area (Å²) in [7, 11) is 0. The third-order valence-corrected chi connectivity index (χ3v) is 5.26. The quantitative estimate of drug-likeness (QED) is 0.543. The van der Waals surface area contributed by atoms with Gasteiger partial charge in [0.2, 0.25) is 0 Å². The molecule has 4 aromatic rings. The summed E-state index contributed by atoms with van der Waals surface area (Å²) in [5.41, 5.74) is 2.46. The van der Waals surface area contributed by atoms with Crippen molar-refractivity contribution in [2.45, 2.75) is 38.0 Å². The van der Waals surface area contributed by atoms with Crippen molar-refractivity contribution in [1.29, 1.82) is 0 Å². The number of hydrogen-bond donors (Lipinski definition) is 0. The van der Waals surface area contributed by atoms with Crippen molar-refractivity contribution >= 4 is 28.3 Å². The molecule has 0 radical (unpaired) electrons. The lowest BCUT2D eigenvalue weighted by Gasteiger charge is -2.19. The Balaban J connectivity index is 1.66. The monoisotopic (exact) mass is 352 g/mol. The van der Waals surface area contributed by atoms with Gasteiger partial charge in [0.05, 0.1) is 17.3 Å². The summed E-state index contributed by atoms with van der Waals surface area (Å²) in [6.07, 6.45) is 9.84. The van der Waals surface area contributed by atoms with Gasteiger partial charge in [0, 0.05) is 10.9 Å². The van der Waals surface area contributed by atoms with Crippen LogP contribution in [0.5, 0.6) is 0 Å². The largest absolute Gasteiger partial charge is 0.268 e. The van der Waals surface area contributed by atoms with Crippen molar-refractivity contribution < 1.29 is 0 Å². The molecule has 25 heavy (non-hydrogen) atoms. The van der Waals surface area contributed by atoms with Gasteiger partial charge in [-0.1, -0.05) is 36.9 Å². The average Bonchev–Trinajstić information content (AvgIpc) is 3.26. The Hall–Kier alpha value is -2.47. The molecule has 1 fully saturated rings. The van der Waals surface area contributed by atoms with Gasteiger partial charge in [0.1, 0.15) is 12.2 Å². The minimum Gasteiger partial charge on any atom is -0.268 e. The third kappa shape index (κ3) is 2.40. The van der Waals surface area contributed by atoms with Crippen LogP contribution in [0.3, 0.4) is 0 Å². The molecule has 0 aliphatic heterocycles. The number of halogens is 1. The van der Waals surface area contributed by atoms with Crippen molar-refractivity contribution in [2.75, 3.05) is 0 Å². The van der Waals surface area contributed by atoms with Crippen LogP contribution in [0.25, 0.3) is 22.4 Å². The van der Waals surface area contributed by atoms with Crippen molar-refractivity contribution in [3.05, 3.63) is 47.6 Å². The van der Waals surface area contributed by atoms with Crippen LogP contribution in [0, 0.1) is 0 Å². The molecule has 1 saturated carbocycles. The molecule has 7 heteroatoms. The Bertz CT molecular complexity index is 1060. The van der Waals surface area contributed by atoms with E-state index in [1.807, 2.05) is 35.0 Å². The van der Waals surface area contributed by atoms with Gasteiger partial charge in [-0.3, -0.25) is 4.40 Å². The van der Waals surface area contributed by atoms with E-state index >= 15 is 0 Å². The maximum atomic E-state index is 6.11. The summed E-state index contributed by atoms with van der Waals surface area (Å²) < 4.78 is 3.82. The number of benzene rings is 1. The highest BCUT2D eigenvalue weighted by atomic mass is 35.5. The van der Waals surface area contributed by atoms with E-state index < -0.39 is 0 Å². The zero-order chi connectivity index (χ0) is 16.8. The van der Waals surface area contributed by atoms with Crippen LogP contribution in [0.2, 0.25) is 5.02 Å². The molecule has 0 bridgehead atoms. The minimum atomic E-state index is 0.478. The molecule has 126 valence electrons. The highest BCUT2D eigenvalue weighted by Gasteiger charge is 2.22. The van der Waals surface area contributed by atoms with Crippen LogP contribution in [-0.4, -0.2) is 29.4 Å². The first kappa shape index (κ1) is 14.8. The van der Waals surface area contributed by atoms with Gasteiger partial charge in [0.15, 0.2) is 11.3 Å². The van der Waals surface area contributed by atoms with Crippen LogP contribution in [0.15, 0.2) is 36.8 Å². The molecule has 0 saturated heterocycles. The molecule has 1 aromatic carbocycles. The summed E-state index contributed by atoms with van der Waals surface area (Å²) in [5, 5.41) is 15.0. The number of hydrogen-bond acceptors (Lipinski definition) is 4. The van der Waals surface area contributed by atoms with Crippen LogP contribution in [-0.2, 0) is 0 Å². The summed E-state index contributed by atoms with van der Waals surface area (Å²) >= 11 is 6.11. The van der Waals surface area contributed by atoms with Crippen molar-refractivity contribution in [3.63, 3.8) is 0 Å². The van der Waals surface area contributed by atoms with E-state index in [9.17, 15) is 0 Å². The number of rotatable bonds is 2. The Labute approximate surface area is 149 Å². The lowest BCUT2D eigenvalue weighted by atomic mass is 9.89. The standard InChI is InChI=1S/C18H17ClN6/c19-13-7-4-8-14(9-13)25-17-15(10-21-25)18-23-22-16(24(18)11-20-17)12-5-2-1-3-6-12/h4,7-12H,1-3,5-6H2. The summed E-state index contributed by atoms with van der Waals surface area (Å²) in [6.45, 7) is 0. The molecule has 3 aromatic heterocycles. The zero-order valence-corrected chi connectivity index (χ0v) is 14.4. The van der Waals surface area contributed by atoms with E-state index in [1.165, 1.54) is 32.1 Å². The van der Waals surface area contributed by atoms with E-state index in [2.05, 4.69) is 20.3 Å². The molecule has 0 spiro atoms. The van der Waals surface area contributed by atoms with Gasteiger partial charge >= 0.3 is 0 Å². The van der Waals surface area contributed by atoms with E-state index in [1.54, 1.807) is 10.9 Å². The summed E-state index contributed by atoms with van der Waals surface area (Å²) in [6, 6.07) is 7.58. The van der Waals surface area contributed by atoms with E-state index in [-0.39, 0.29) is 0 Å². The molecule has 1 aliphatic rings. The summed E-state index contributed by atoms with van der Waals surface area (Å²) in [4.78, 5) is 4.64. The third-order valence-electron chi connectivity index (χ3n) is 5.03. The van der Waals surface area contributed by atoms with Crippen LogP contribution >= 0.6 is 11.6 Å². The van der Waals surface area contributed by atoms with E-state index in [0.29, 0.717) is 10.9 Å². The predicted octanol–water partition coefficient (Wildman–Crippen LogP) is 4.16. The second-order valence-corrected chi connectivity index (χ2v) is 7.04. The van der Waals surface area contributed by atoms with Crippen molar-refractivity contribution in [2.24, 2.45) is 0 Å². The van der Waals surface area contributed by atoms with Gasteiger partial charge < -0.3 is 0 Å². The van der Waals surface area contributed by atoms with Crippen LogP contribution in [0.1, 0.15) is 43.8 Å². The molecule has 0 amide bonds. The highest BCUT2D eigenvalue weighted by molar-refractivity contribution is 6.30. The molecule has 0 N–H and O–H groups in total. The Morgan fingerprint density at radius 2 is 1.92 bits per heavy atom. The number of fused-ring (bicyclic) bond motifs is 3. The second-order valence-electron chi connectivity index (χ2n) is 6.60. The van der Waals surface area contributed by atoms with Gasteiger partial charge in [-0.25, -0.2) is 9.67 Å². The van der Waals surface area contributed by atoms with Crippen LogP contribution in [0.4, 0.5) is 0 Å². The first-order valence-electron chi connectivity index (χ1n) is 8.64. The van der Waals surface area contributed by atoms with Crippen LogP contribution < -0.4 is 0 Å². The minimum absolute atomic E-state index is 0.478. The van der Waals surface area contributed by atoms with E-state index in [4.69, 9.17) is 11.6 Å². The molecule has 5 rings (SSSR count). The molecule has 0 unspecified atom stereocenters. The second kappa shape index (κ2) is 5.81. The normalized spacial score (nSPS) is 16.0. The maximum absolute atomic E-state index is 6.11. The molecule has 0 atom stereocenters. The Morgan fingerprint density at radius 3 is 2.76 bits per heavy atom. The fraction of sp³-hybridized carbons (Fsp3) is 0.333. The molecule has 3 heterocycles. The number of nitrogens with zero attached hydrogens (tertiary/aromatic N) is 6. The van der Waals surface area contributed by atoms with E-state index in [0.717, 1.165) is 28.2 Å². The first-order valence-corrected chi connectivity index (χ1v) is 9.02. The molecule has 1 aliphatic carbocycles. The molecular weight excluding hydrogens is 336 g/mol. The fourth-order valence-electron chi connectivity index (χ4n) is 3.77. The smallest absolute Gasteiger partial charge is 0.174 e. The van der Waals surface area contributed by atoms with Crippen molar-refractivity contribution in [3.8, 4) is 5.69 Å². The highest BCUT2D eigenvalue weighted by Crippen LogP contribution is 2.32. The lowest BCUT2D eigenvalue weighted by Crippen LogP contribution is -2.09. The van der Waals surface area contributed by atoms with Gasteiger partial charge in [-0.15, -0.1) is 10.2 Å². The summed E-state index contributed by atoms with van der Waals surface area (Å²) in [5.74, 6) is 1.51. The van der Waals surface area contributed by atoms with Gasteiger partial charge in [-0.2, -0.15) is 5.10 Å². The van der Waals surface area contributed by atoms with Crippen molar-refractivity contribution in [1.82, 2.24) is 29.4 Å². The maximum Gasteiger partial charge on any atom is 0.174 e. The van der Waals surface area contributed by atoms with Gasteiger partial charge in [0.25, 0.3) is 0 Å². The Kier molecular flexibility index (Phi) is 3.45. The SMILES string of the molecule is Clc1cccc(-n2ncc3c2ncn2c(C4CCCCC4)nnc32)c1.